The van der Waals surface area contributed by atoms with E-state index in [2.05, 4.69) is 15.1 Å². The van der Waals surface area contributed by atoms with E-state index in [1.807, 2.05) is 30.3 Å². The number of thiazole rings is 1. The fraction of sp³-hybridized carbons (Fsp3) is 0.333. The van der Waals surface area contributed by atoms with Gasteiger partial charge in [-0.1, -0.05) is 41.1 Å². The van der Waals surface area contributed by atoms with Crippen molar-refractivity contribution in [3.8, 4) is 11.5 Å². The van der Waals surface area contributed by atoms with Crippen molar-refractivity contribution in [2.75, 3.05) is 58.4 Å². The highest BCUT2D eigenvalue weighted by atomic mass is 35.5. The normalized spacial score (nSPS) is 14.7. The number of rotatable bonds is 8. The zero-order valence-electron chi connectivity index (χ0n) is 18.7. The van der Waals surface area contributed by atoms with Crippen molar-refractivity contribution in [1.29, 1.82) is 0 Å². The molecule has 0 aliphatic carbocycles. The minimum absolute atomic E-state index is 0.120. The third-order valence-corrected chi connectivity index (χ3v) is 7.06. The Hall–Kier alpha value is -2.81. The van der Waals surface area contributed by atoms with Crippen molar-refractivity contribution in [2.24, 2.45) is 0 Å². The van der Waals surface area contributed by atoms with Crippen LogP contribution in [-0.4, -0.2) is 69.3 Å². The Labute approximate surface area is 202 Å². The van der Waals surface area contributed by atoms with Crippen LogP contribution in [0.5, 0.6) is 11.5 Å². The Morgan fingerprint density at radius 3 is 2.58 bits per heavy atom. The van der Waals surface area contributed by atoms with Crippen molar-refractivity contribution in [3.05, 3.63) is 53.1 Å². The summed E-state index contributed by atoms with van der Waals surface area (Å²) in [6, 6.07) is 11.2. The van der Waals surface area contributed by atoms with Crippen LogP contribution in [0.25, 0.3) is 16.3 Å². The molecule has 1 N–H and O–H groups in total. The van der Waals surface area contributed by atoms with E-state index in [-0.39, 0.29) is 5.91 Å². The van der Waals surface area contributed by atoms with E-state index in [1.165, 1.54) is 6.08 Å². The molecule has 3 aromatic rings. The second kappa shape index (κ2) is 10.9. The molecule has 4 rings (SSSR count). The maximum Gasteiger partial charge on any atom is 0.244 e. The van der Waals surface area contributed by atoms with Gasteiger partial charge in [0.05, 0.1) is 14.2 Å². The van der Waals surface area contributed by atoms with Crippen LogP contribution in [0.3, 0.4) is 0 Å². The maximum absolute atomic E-state index is 12.1. The molecule has 33 heavy (non-hydrogen) atoms. The van der Waals surface area contributed by atoms with Gasteiger partial charge in [-0.25, -0.2) is 4.98 Å². The molecule has 0 bridgehead atoms. The summed E-state index contributed by atoms with van der Waals surface area (Å²) in [6.45, 7) is 4.99. The first-order valence-electron chi connectivity index (χ1n) is 10.8. The van der Waals surface area contributed by atoms with Crippen molar-refractivity contribution < 1.29 is 14.3 Å². The molecule has 1 amide bonds. The average Bonchev–Trinajstić information content (AvgIpc) is 3.29. The number of nitrogens with zero attached hydrogens (tertiary/aromatic N) is 3. The molecule has 0 unspecified atom stereocenters. The molecule has 1 saturated heterocycles. The fourth-order valence-corrected chi connectivity index (χ4v) is 5.07. The molecule has 1 aliphatic heterocycles. The molecule has 1 aromatic heterocycles. The molecule has 0 atom stereocenters. The highest BCUT2D eigenvalue weighted by Gasteiger charge is 2.22. The summed E-state index contributed by atoms with van der Waals surface area (Å²) in [4.78, 5) is 21.6. The maximum atomic E-state index is 12.1. The number of carbonyl (C=O) groups excluding carboxylic acids is 1. The van der Waals surface area contributed by atoms with Crippen LogP contribution in [-0.2, 0) is 4.79 Å². The van der Waals surface area contributed by atoms with Gasteiger partial charge in [-0.2, -0.15) is 0 Å². The third kappa shape index (κ3) is 5.58. The molecule has 0 saturated carbocycles. The molecule has 1 aliphatic rings. The number of piperazine rings is 1. The predicted octanol–water partition coefficient (Wildman–Crippen LogP) is 3.92. The summed E-state index contributed by atoms with van der Waals surface area (Å²) in [5, 5.41) is 4.55. The van der Waals surface area contributed by atoms with Crippen LogP contribution < -0.4 is 19.7 Å². The molecule has 2 aromatic carbocycles. The second-order valence-corrected chi connectivity index (χ2v) is 9.00. The number of amides is 1. The Kier molecular flexibility index (Phi) is 7.69. The van der Waals surface area contributed by atoms with E-state index < -0.39 is 0 Å². The van der Waals surface area contributed by atoms with E-state index in [4.69, 9.17) is 26.1 Å². The highest BCUT2D eigenvalue weighted by Crippen LogP contribution is 2.40. The lowest BCUT2D eigenvalue weighted by Crippen LogP contribution is -2.48. The zero-order valence-corrected chi connectivity index (χ0v) is 20.3. The smallest absolute Gasteiger partial charge is 0.244 e. The van der Waals surface area contributed by atoms with Gasteiger partial charge in [-0.3, -0.25) is 9.69 Å². The van der Waals surface area contributed by atoms with E-state index in [1.54, 1.807) is 37.7 Å². The number of aromatic nitrogens is 1. The van der Waals surface area contributed by atoms with Gasteiger partial charge in [0.1, 0.15) is 21.7 Å². The summed E-state index contributed by atoms with van der Waals surface area (Å²) in [5.41, 5.74) is 1.67. The number of nitrogens with one attached hydrogen (secondary N) is 1. The predicted molar refractivity (Wildman–Crippen MR) is 135 cm³/mol. The van der Waals surface area contributed by atoms with E-state index >= 15 is 0 Å². The number of methoxy groups -OCH3 is 2. The molecule has 2 heterocycles. The number of hydrogen-bond acceptors (Lipinski definition) is 7. The molecule has 0 radical (unpaired) electrons. The van der Waals surface area contributed by atoms with Crippen LogP contribution in [0.1, 0.15) is 5.56 Å². The molecule has 174 valence electrons. The lowest BCUT2D eigenvalue weighted by molar-refractivity contribution is -0.116. The number of benzene rings is 2. The largest absolute Gasteiger partial charge is 0.495 e. The first-order chi connectivity index (χ1) is 16.1. The second-order valence-electron chi connectivity index (χ2n) is 7.62. The number of anilines is 1. The van der Waals surface area contributed by atoms with Gasteiger partial charge in [0.15, 0.2) is 5.13 Å². The van der Waals surface area contributed by atoms with Gasteiger partial charge < -0.3 is 19.7 Å². The van der Waals surface area contributed by atoms with Gasteiger partial charge in [0.25, 0.3) is 0 Å². The van der Waals surface area contributed by atoms with Crippen molar-refractivity contribution in [2.45, 2.75) is 0 Å². The van der Waals surface area contributed by atoms with Crippen LogP contribution in [0.4, 0.5) is 5.13 Å². The summed E-state index contributed by atoms with van der Waals surface area (Å²) in [7, 11) is 3.33. The number of fused-ring (bicyclic) bond motifs is 1. The van der Waals surface area contributed by atoms with Crippen molar-refractivity contribution in [1.82, 2.24) is 15.2 Å². The Morgan fingerprint density at radius 2 is 1.85 bits per heavy atom. The Morgan fingerprint density at radius 1 is 1.12 bits per heavy atom. The summed E-state index contributed by atoms with van der Waals surface area (Å²) in [5.74, 6) is 1.45. The first-order valence-corrected chi connectivity index (χ1v) is 12.0. The molecule has 1 fully saturated rings. The van der Waals surface area contributed by atoms with Crippen LogP contribution in [0, 0.1) is 0 Å². The zero-order chi connectivity index (χ0) is 23.2. The topological polar surface area (TPSA) is 66.9 Å². The van der Waals surface area contributed by atoms with Gasteiger partial charge in [0, 0.05) is 50.4 Å². The number of halogens is 1. The van der Waals surface area contributed by atoms with Gasteiger partial charge in [-0.15, -0.1) is 0 Å². The average molecular weight is 487 g/mol. The van der Waals surface area contributed by atoms with Gasteiger partial charge >= 0.3 is 0 Å². The monoisotopic (exact) mass is 486 g/mol. The minimum atomic E-state index is -0.120. The van der Waals surface area contributed by atoms with Crippen LogP contribution in [0.2, 0.25) is 5.02 Å². The van der Waals surface area contributed by atoms with Crippen molar-refractivity contribution in [3.63, 3.8) is 0 Å². The fourth-order valence-electron chi connectivity index (χ4n) is 3.74. The molecule has 0 spiro atoms. The lowest BCUT2D eigenvalue weighted by Gasteiger charge is -2.34. The number of carbonyl (C=O) groups is 1. The molecular formula is C24H27ClN4O3S. The van der Waals surface area contributed by atoms with Crippen molar-refractivity contribution >= 4 is 50.3 Å². The van der Waals surface area contributed by atoms with Crippen LogP contribution in [0.15, 0.2) is 42.5 Å². The van der Waals surface area contributed by atoms with Gasteiger partial charge in [-0.05, 0) is 29.8 Å². The lowest BCUT2D eigenvalue weighted by atomic mass is 10.2. The third-order valence-electron chi connectivity index (χ3n) is 5.59. The molecule has 9 heteroatoms. The SMILES string of the molecule is COc1ccc(OC)c2sc(N3CCN(CCNC(=O)/C=C/c4ccccc4Cl)CC3)nc12. The summed E-state index contributed by atoms with van der Waals surface area (Å²) in [6.07, 6.45) is 3.26. The van der Waals surface area contributed by atoms with Crippen LogP contribution >= 0.6 is 22.9 Å². The Bertz CT molecular complexity index is 1100. The van der Waals surface area contributed by atoms with Gasteiger partial charge in [0.2, 0.25) is 5.91 Å². The number of hydrogen-bond donors (Lipinski definition) is 1. The highest BCUT2D eigenvalue weighted by molar-refractivity contribution is 7.22. The minimum Gasteiger partial charge on any atom is -0.495 e. The quantitative estimate of drug-likeness (QED) is 0.487. The van der Waals surface area contributed by atoms with E-state index in [0.717, 1.165) is 65.1 Å². The standard InChI is InChI=1S/C24H27ClN4O3S/c1-31-19-8-9-20(32-2)23-22(19)27-24(33-23)29-15-13-28(14-16-29)12-11-26-21(30)10-7-17-5-3-4-6-18(17)25/h3-10H,11-16H2,1-2H3,(H,26,30)/b10-7+. The Balaban J connectivity index is 1.26. The van der Waals surface area contributed by atoms with E-state index in [9.17, 15) is 4.79 Å². The first kappa shape index (κ1) is 23.4. The molecule has 7 nitrogen and oxygen atoms in total. The number of ether oxygens (including phenoxy) is 2. The van der Waals surface area contributed by atoms with E-state index in [0.29, 0.717) is 11.6 Å². The summed E-state index contributed by atoms with van der Waals surface area (Å²) >= 11 is 7.74. The molecular weight excluding hydrogens is 460 g/mol. The summed E-state index contributed by atoms with van der Waals surface area (Å²) < 4.78 is 12.0.